The molecule has 5 rings (SSSR count). The monoisotopic (exact) mass is 409 g/mol. The van der Waals surface area contributed by atoms with Crippen molar-refractivity contribution in [1.29, 1.82) is 0 Å². The average Bonchev–Trinajstić information content (AvgIpc) is 3.36. The molecule has 0 spiro atoms. The first kappa shape index (κ1) is 18.7. The van der Waals surface area contributed by atoms with Crippen molar-refractivity contribution in [3.05, 3.63) is 45.1 Å². The minimum atomic E-state index is -0.582. The van der Waals surface area contributed by atoms with Gasteiger partial charge < -0.3 is 10.2 Å². The number of tetrazole rings is 1. The third-order valence-electron chi connectivity index (χ3n) is 6.15. The fraction of sp³-hybridized carbons (Fsp3) is 0.500. The molecule has 3 heterocycles. The number of benzene rings is 1. The van der Waals surface area contributed by atoms with E-state index >= 15 is 0 Å². The van der Waals surface area contributed by atoms with Gasteiger partial charge in [-0.1, -0.05) is 25.0 Å². The zero-order chi connectivity index (χ0) is 21.0. The predicted molar refractivity (Wildman–Crippen MR) is 109 cm³/mol. The van der Waals surface area contributed by atoms with Gasteiger partial charge in [0.1, 0.15) is 11.7 Å². The van der Waals surface area contributed by atoms with Crippen LogP contribution in [0.25, 0.3) is 0 Å². The first-order valence-corrected chi connectivity index (χ1v) is 10.2. The lowest BCUT2D eigenvalue weighted by Crippen LogP contribution is -2.36. The smallest absolute Gasteiger partial charge is 0.292 e. The van der Waals surface area contributed by atoms with Crippen LogP contribution in [0.5, 0.6) is 0 Å². The van der Waals surface area contributed by atoms with Crippen LogP contribution in [0.2, 0.25) is 0 Å². The van der Waals surface area contributed by atoms with Gasteiger partial charge in [0, 0.05) is 36.8 Å². The molecule has 10 nitrogen and oxygen atoms in total. The van der Waals surface area contributed by atoms with Crippen LogP contribution < -0.4 is 10.2 Å². The number of nitro groups is 1. The van der Waals surface area contributed by atoms with Crippen molar-refractivity contribution in [1.82, 2.24) is 20.2 Å². The van der Waals surface area contributed by atoms with Crippen LogP contribution in [0.15, 0.2) is 29.5 Å². The van der Waals surface area contributed by atoms with Crippen molar-refractivity contribution < 1.29 is 9.72 Å². The zero-order valence-corrected chi connectivity index (χ0v) is 17.0. The van der Waals surface area contributed by atoms with Crippen LogP contribution in [0.3, 0.4) is 0 Å². The van der Waals surface area contributed by atoms with Gasteiger partial charge in [0.15, 0.2) is 5.78 Å². The molecule has 2 aromatic rings. The Morgan fingerprint density at radius 2 is 2.00 bits per heavy atom. The minimum Gasteiger partial charge on any atom is -0.366 e. The lowest BCUT2D eigenvalue weighted by Gasteiger charge is -2.37. The van der Waals surface area contributed by atoms with E-state index < -0.39 is 6.04 Å². The molecule has 1 fully saturated rings. The minimum absolute atomic E-state index is 0.0196. The molecule has 2 aliphatic heterocycles. The molecule has 30 heavy (non-hydrogen) atoms. The highest BCUT2D eigenvalue weighted by Crippen LogP contribution is 2.46. The number of nitrogens with zero attached hydrogens (tertiary/aromatic N) is 6. The number of ketones is 1. The van der Waals surface area contributed by atoms with Crippen molar-refractivity contribution in [2.45, 2.75) is 45.6 Å². The van der Waals surface area contributed by atoms with E-state index in [-0.39, 0.29) is 21.8 Å². The second kappa shape index (κ2) is 6.61. The second-order valence-electron chi connectivity index (χ2n) is 9.01. The number of aromatic nitrogens is 4. The van der Waals surface area contributed by atoms with Crippen molar-refractivity contribution in [2.75, 3.05) is 23.3 Å². The molecule has 0 bridgehead atoms. The molecule has 0 saturated carbocycles. The molecule has 0 amide bonds. The van der Waals surface area contributed by atoms with Crippen molar-refractivity contribution >= 4 is 23.1 Å². The third kappa shape index (κ3) is 2.94. The van der Waals surface area contributed by atoms with Crippen LogP contribution in [0.4, 0.5) is 17.3 Å². The summed E-state index contributed by atoms with van der Waals surface area (Å²) in [5.74, 6) is 0.460. The molecule has 1 atom stereocenters. The summed E-state index contributed by atoms with van der Waals surface area (Å²) in [7, 11) is 0. The van der Waals surface area contributed by atoms with E-state index in [1.54, 1.807) is 16.8 Å². The Kier molecular flexibility index (Phi) is 4.12. The van der Waals surface area contributed by atoms with Gasteiger partial charge in [-0.05, 0) is 46.7 Å². The molecule has 1 aromatic carbocycles. The molecule has 1 N–H and O–H groups in total. The zero-order valence-electron chi connectivity index (χ0n) is 17.0. The largest absolute Gasteiger partial charge is 0.366 e. The van der Waals surface area contributed by atoms with E-state index in [1.165, 1.54) is 0 Å². The maximum atomic E-state index is 13.1. The molecular formula is C20H23N7O3. The van der Waals surface area contributed by atoms with Crippen LogP contribution >= 0.6 is 0 Å². The van der Waals surface area contributed by atoms with E-state index in [2.05, 4.69) is 34.7 Å². The van der Waals surface area contributed by atoms with Gasteiger partial charge in [-0.2, -0.15) is 4.68 Å². The lowest BCUT2D eigenvalue weighted by atomic mass is 9.73. The highest BCUT2D eigenvalue weighted by Gasteiger charge is 2.42. The fourth-order valence-electron chi connectivity index (χ4n) is 4.86. The van der Waals surface area contributed by atoms with Gasteiger partial charge in [-0.3, -0.25) is 14.9 Å². The Hall–Kier alpha value is -3.30. The SMILES string of the molecule is CC1(C)CC(=O)C2=C(C1)Nc1nnnn1C2c1ccc(N2CCCC2)c([N+](=O)[O-])c1. The topological polar surface area (TPSA) is 119 Å². The molecule has 10 heteroatoms. The number of hydrogen-bond acceptors (Lipinski definition) is 8. The fourth-order valence-corrected chi connectivity index (χ4v) is 4.86. The van der Waals surface area contributed by atoms with Crippen molar-refractivity contribution in [3.63, 3.8) is 0 Å². The summed E-state index contributed by atoms with van der Waals surface area (Å²) in [4.78, 5) is 26.7. The van der Waals surface area contributed by atoms with Gasteiger partial charge in [0.2, 0.25) is 5.95 Å². The van der Waals surface area contributed by atoms with Crippen molar-refractivity contribution in [2.24, 2.45) is 5.41 Å². The third-order valence-corrected chi connectivity index (χ3v) is 6.15. The normalized spacial score (nSPS) is 22.5. The number of carbonyl (C=O) groups is 1. The highest BCUT2D eigenvalue weighted by atomic mass is 16.6. The lowest BCUT2D eigenvalue weighted by molar-refractivity contribution is -0.384. The predicted octanol–water partition coefficient (Wildman–Crippen LogP) is 2.84. The van der Waals surface area contributed by atoms with E-state index in [4.69, 9.17) is 0 Å². The first-order valence-electron chi connectivity index (χ1n) is 10.2. The Balaban J connectivity index is 1.65. The number of rotatable bonds is 3. The summed E-state index contributed by atoms with van der Waals surface area (Å²) in [6.07, 6.45) is 3.16. The number of fused-ring (bicyclic) bond motifs is 1. The number of hydrogen-bond donors (Lipinski definition) is 1. The first-order chi connectivity index (χ1) is 14.3. The highest BCUT2D eigenvalue weighted by molar-refractivity contribution is 6.00. The molecule has 1 aliphatic carbocycles. The van der Waals surface area contributed by atoms with Gasteiger partial charge in [-0.15, -0.1) is 0 Å². The summed E-state index contributed by atoms with van der Waals surface area (Å²) in [5.41, 5.74) is 2.53. The molecular weight excluding hydrogens is 386 g/mol. The van der Waals surface area contributed by atoms with Crippen LogP contribution in [-0.4, -0.2) is 44.0 Å². The van der Waals surface area contributed by atoms with E-state index in [9.17, 15) is 14.9 Å². The summed E-state index contributed by atoms with van der Waals surface area (Å²) in [6.45, 7) is 5.73. The number of nitro benzene ring substituents is 1. The second-order valence-corrected chi connectivity index (χ2v) is 9.01. The van der Waals surface area contributed by atoms with Gasteiger partial charge in [0.05, 0.1) is 4.92 Å². The Morgan fingerprint density at radius 3 is 2.73 bits per heavy atom. The number of nitrogens with one attached hydrogen (secondary N) is 1. The number of anilines is 2. The van der Waals surface area contributed by atoms with E-state index in [0.29, 0.717) is 35.6 Å². The Morgan fingerprint density at radius 1 is 1.23 bits per heavy atom. The van der Waals surface area contributed by atoms with E-state index in [0.717, 1.165) is 31.6 Å². The summed E-state index contributed by atoms with van der Waals surface area (Å²) in [6, 6.07) is 4.65. The quantitative estimate of drug-likeness (QED) is 0.607. The molecule has 0 radical (unpaired) electrons. The molecule has 1 aromatic heterocycles. The molecule has 156 valence electrons. The summed E-state index contributed by atoms with van der Waals surface area (Å²) in [5, 5.41) is 27.0. The van der Waals surface area contributed by atoms with Crippen LogP contribution in [0.1, 0.15) is 51.1 Å². The number of carbonyl (C=O) groups excluding carboxylic acids is 1. The Bertz CT molecular complexity index is 1080. The Labute approximate surface area is 173 Å². The molecule has 3 aliphatic rings. The van der Waals surface area contributed by atoms with Crippen LogP contribution in [0, 0.1) is 15.5 Å². The van der Waals surface area contributed by atoms with Gasteiger partial charge in [0.25, 0.3) is 5.69 Å². The van der Waals surface area contributed by atoms with Crippen molar-refractivity contribution in [3.8, 4) is 0 Å². The maximum absolute atomic E-state index is 13.1. The maximum Gasteiger partial charge on any atom is 0.292 e. The average molecular weight is 409 g/mol. The number of Topliss-reactive ketones (excluding diaryl/α,β-unsaturated/α-hetero) is 1. The van der Waals surface area contributed by atoms with Crippen LogP contribution in [-0.2, 0) is 4.79 Å². The van der Waals surface area contributed by atoms with E-state index in [1.807, 2.05) is 11.0 Å². The molecule has 1 saturated heterocycles. The summed E-state index contributed by atoms with van der Waals surface area (Å²) < 4.78 is 1.55. The molecule has 1 unspecified atom stereocenters. The van der Waals surface area contributed by atoms with Gasteiger partial charge in [-0.25, -0.2) is 0 Å². The standard InChI is InChI=1S/C20H23N7O3/c1-20(2)10-13-17(16(28)11-20)18(26-19(21-13)22-23-24-26)12-5-6-14(15(9-12)27(29)30)25-7-3-4-8-25/h5-6,9,18H,3-4,7-8,10-11H2,1-2H3,(H,21,22,24). The number of allylic oxidation sites excluding steroid dienone is 2. The summed E-state index contributed by atoms with van der Waals surface area (Å²) >= 11 is 0. The van der Waals surface area contributed by atoms with Gasteiger partial charge >= 0.3 is 0 Å².